The normalized spacial score (nSPS) is 22.5. The molecule has 0 bridgehead atoms. The van der Waals surface area contributed by atoms with Crippen molar-refractivity contribution >= 4 is 11.3 Å². The van der Waals surface area contributed by atoms with Gasteiger partial charge in [-0.15, -0.1) is 11.3 Å². The Balaban J connectivity index is 2.01. The number of nitrogens with one attached hydrogen (secondary N) is 1. The maximum Gasteiger partial charge on any atom is 0.0594 e. The highest BCUT2D eigenvalue weighted by atomic mass is 32.1. The minimum absolute atomic E-state index is 0.461. The molecule has 0 saturated carbocycles. The van der Waals surface area contributed by atoms with E-state index >= 15 is 0 Å². The number of thiophene rings is 1. The van der Waals surface area contributed by atoms with Gasteiger partial charge < -0.3 is 10.1 Å². The average molecular weight is 239 g/mol. The Morgan fingerprint density at radius 3 is 3.06 bits per heavy atom. The van der Waals surface area contributed by atoms with Crippen molar-refractivity contribution in [3.05, 3.63) is 21.9 Å². The second-order valence-electron chi connectivity index (χ2n) is 4.41. The Kier molecular flexibility index (Phi) is 4.38. The molecule has 0 spiro atoms. The van der Waals surface area contributed by atoms with Crippen molar-refractivity contribution in [3.8, 4) is 0 Å². The minimum Gasteiger partial charge on any atom is -0.378 e. The van der Waals surface area contributed by atoms with E-state index in [0.717, 1.165) is 19.6 Å². The van der Waals surface area contributed by atoms with Crippen LogP contribution in [-0.2, 0) is 4.74 Å². The summed E-state index contributed by atoms with van der Waals surface area (Å²) in [5, 5.41) is 5.76. The number of hydrogen-bond acceptors (Lipinski definition) is 3. The molecule has 1 aliphatic heterocycles. The van der Waals surface area contributed by atoms with Crippen molar-refractivity contribution in [1.82, 2.24) is 5.32 Å². The van der Waals surface area contributed by atoms with Gasteiger partial charge in [0.05, 0.1) is 6.10 Å². The highest BCUT2D eigenvalue weighted by molar-refractivity contribution is 7.10. The summed E-state index contributed by atoms with van der Waals surface area (Å²) in [4.78, 5) is 1.43. The fourth-order valence-corrected chi connectivity index (χ4v) is 3.18. The Bertz CT molecular complexity index is 317. The van der Waals surface area contributed by atoms with Crippen LogP contribution < -0.4 is 5.32 Å². The number of hydrogen-bond donors (Lipinski definition) is 1. The lowest BCUT2D eigenvalue weighted by atomic mass is 10.00. The van der Waals surface area contributed by atoms with Gasteiger partial charge in [0.1, 0.15) is 0 Å². The van der Waals surface area contributed by atoms with Crippen LogP contribution in [0.2, 0.25) is 0 Å². The minimum atomic E-state index is 0.461. The summed E-state index contributed by atoms with van der Waals surface area (Å²) in [5.74, 6) is 0. The average Bonchev–Trinajstić information content (AvgIpc) is 2.88. The van der Waals surface area contributed by atoms with Crippen LogP contribution in [0, 0.1) is 6.92 Å². The quantitative estimate of drug-likeness (QED) is 0.851. The standard InChI is InChI=1S/C13H21NOS/c1-3-14-13(9-11-5-4-7-15-11)12-6-8-16-10(12)2/h6,8,11,13-14H,3-5,7,9H2,1-2H3. The van der Waals surface area contributed by atoms with Crippen LogP contribution >= 0.6 is 11.3 Å². The third-order valence-electron chi connectivity index (χ3n) is 3.25. The molecule has 0 aliphatic carbocycles. The molecule has 1 aromatic rings. The lowest BCUT2D eigenvalue weighted by molar-refractivity contribution is 0.0947. The summed E-state index contributed by atoms with van der Waals surface area (Å²) in [6, 6.07) is 2.72. The first-order valence-electron chi connectivity index (χ1n) is 6.20. The second-order valence-corrected chi connectivity index (χ2v) is 5.53. The lowest BCUT2D eigenvalue weighted by Gasteiger charge is -2.21. The first-order valence-corrected chi connectivity index (χ1v) is 7.08. The predicted molar refractivity (Wildman–Crippen MR) is 69.1 cm³/mol. The molecule has 90 valence electrons. The van der Waals surface area contributed by atoms with E-state index in [2.05, 4.69) is 30.6 Å². The molecule has 3 heteroatoms. The molecule has 2 unspecified atom stereocenters. The SMILES string of the molecule is CCNC(CC1CCCO1)c1ccsc1C. The van der Waals surface area contributed by atoms with Crippen molar-refractivity contribution in [2.45, 2.75) is 45.3 Å². The highest BCUT2D eigenvalue weighted by Gasteiger charge is 2.22. The van der Waals surface area contributed by atoms with Gasteiger partial charge >= 0.3 is 0 Å². The summed E-state index contributed by atoms with van der Waals surface area (Å²) in [6.07, 6.45) is 4.03. The molecule has 2 rings (SSSR count). The van der Waals surface area contributed by atoms with Gasteiger partial charge in [0.25, 0.3) is 0 Å². The molecule has 0 radical (unpaired) electrons. The summed E-state index contributed by atoms with van der Waals surface area (Å²) in [5.41, 5.74) is 1.46. The Morgan fingerprint density at radius 1 is 1.62 bits per heavy atom. The zero-order chi connectivity index (χ0) is 11.4. The van der Waals surface area contributed by atoms with Crippen LogP contribution in [0.1, 0.15) is 42.7 Å². The van der Waals surface area contributed by atoms with Crippen LogP contribution in [0.4, 0.5) is 0 Å². The smallest absolute Gasteiger partial charge is 0.0594 e. The van der Waals surface area contributed by atoms with Crippen LogP contribution in [0.3, 0.4) is 0 Å². The van der Waals surface area contributed by atoms with Gasteiger partial charge in [-0.3, -0.25) is 0 Å². The van der Waals surface area contributed by atoms with E-state index < -0.39 is 0 Å². The van der Waals surface area contributed by atoms with Gasteiger partial charge in [0, 0.05) is 17.5 Å². The van der Waals surface area contributed by atoms with Gasteiger partial charge in [-0.25, -0.2) is 0 Å². The Labute approximate surface area is 102 Å². The molecule has 1 fully saturated rings. The summed E-state index contributed by atoms with van der Waals surface area (Å²) in [6.45, 7) is 6.35. The predicted octanol–water partition coefficient (Wildman–Crippen LogP) is 3.28. The van der Waals surface area contributed by atoms with E-state index in [1.807, 2.05) is 11.3 Å². The third kappa shape index (κ3) is 2.84. The first-order chi connectivity index (χ1) is 7.81. The zero-order valence-electron chi connectivity index (χ0n) is 10.2. The molecule has 1 aliphatic rings. The van der Waals surface area contributed by atoms with Crippen LogP contribution in [0.25, 0.3) is 0 Å². The summed E-state index contributed by atoms with van der Waals surface area (Å²) >= 11 is 1.84. The van der Waals surface area contributed by atoms with Crippen molar-refractivity contribution in [1.29, 1.82) is 0 Å². The van der Waals surface area contributed by atoms with Crippen LogP contribution in [0.15, 0.2) is 11.4 Å². The van der Waals surface area contributed by atoms with E-state index in [9.17, 15) is 0 Å². The molecule has 2 atom stereocenters. The van der Waals surface area contributed by atoms with Crippen molar-refractivity contribution in [3.63, 3.8) is 0 Å². The largest absolute Gasteiger partial charge is 0.378 e. The molecule has 2 heterocycles. The molecule has 1 aromatic heterocycles. The van der Waals surface area contributed by atoms with Crippen molar-refractivity contribution < 1.29 is 4.74 Å². The molecule has 1 N–H and O–H groups in total. The fraction of sp³-hybridized carbons (Fsp3) is 0.692. The Morgan fingerprint density at radius 2 is 2.50 bits per heavy atom. The van der Waals surface area contributed by atoms with Crippen molar-refractivity contribution in [2.24, 2.45) is 0 Å². The zero-order valence-corrected chi connectivity index (χ0v) is 11.0. The van der Waals surface area contributed by atoms with E-state index in [-0.39, 0.29) is 0 Å². The summed E-state index contributed by atoms with van der Waals surface area (Å²) < 4.78 is 5.73. The molecule has 2 nitrogen and oxygen atoms in total. The maximum atomic E-state index is 5.73. The fourth-order valence-electron chi connectivity index (χ4n) is 2.42. The second kappa shape index (κ2) is 5.80. The molecule has 0 aromatic carbocycles. The number of rotatable bonds is 5. The maximum absolute atomic E-state index is 5.73. The van der Waals surface area contributed by atoms with Crippen molar-refractivity contribution in [2.75, 3.05) is 13.2 Å². The lowest BCUT2D eigenvalue weighted by Crippen LogP contribution is -2.25. The third-order valence-corrected chi connectivity index (χ3v) is 4.11. The molecule has 1 saturated heterocycles. The van der Waals surface area contributed by atoms with Gasteiger partial charge in [0.2, 0.25) is 0 Å². The van der Waals surface area contributed by atoms with E-state index in [1.165, 1.54) is 23.3 Å². The Hall–Kier alpha value is -0.380. The van der Waals surface area contributed by atoms with Crippen LogP contribution in [0.5, 0.6) is 0 Å². The monoisotopic (exact) mass is 239 g/mol. The molecular weight excluding hydrogens is 218 g/mol. The van der Waals surface area contributed by atoms with Gasteiger partial charge in [-0.1, -0.05) is 6.92 Å². The van der Waals surface area contributed by atoms with Gasteiger partial charge in [-0.05, 0) is 49.7 Å². The topological polar surface area (TPSA) is 21.3 Å². The van der Waals surface area contributed by atoms with Gasteiger partial charge in [0.15, 0.2) is 0 Å². The summed E-state index contributed by atoms with van der Waals surface area (Å²) in [7, 11) is 0. The van der Waals surface area contributed by atoms with E-state index in [1.54, 1.807) is 0 Å². The molecule has 16 heavy (non-hydrogen) atoms. The number of aryl methyl sites for hydroxylation is 1. The first kappa shape index (κ1) is 12.1. The van der Waals surface area contributed by atoms with E-state index in [0.29, 0.717) is 12.1 Å². The molecule has 0 amide bonds. The number of ether oxygens (including phenoxy) is 1. The van der Waals surface area contributed by atoms with Crippen LogP contribution in [-0.4, -0.2) is 19.3 Å². The highest BCUT2D eigenvalue weighted by Crippen LogP contribution is 2.29. The van der Waals surface area contributed by atoms with E-state index in [4.69, 9.17) is 4.74 Å². The molecular formula is C13H21NOS. The van der Waals surface area contributed by atoms with Gasteiger partial charge in [-0.2, -0.15) is 0 Å².